The third kappa shape index (κ3) is 4.11. The van der Waals surface area contributed by atoms with Crippen molar-refractivity contribution >= 4 is 35.0 Å². The summed E-state index contributed by atoms with van der Waals surface area (Å²) in [5, 5.41) is 6.00. The van der Waals surface area contributed by atoms with Gasteiger partial charge in [0.05, 0.1) is 37.1 Å². The van der Waals surface area contributed by atoms with Gasteiger partial charge in [0, 0.05) is 30.1 Å². The maximum Gasteiger partial charge on any atom is 0.410 e. The van der Waals surface area contributed by atoms with Crippen molar-refractivity contribution in [2.24, 2.45) is 0 Å². The van der Waals surface area contributed by atoms with Gasteiger partial charge in [0.2, 0.25) is 5.91 Å². The number of aromatic nitrogens is 2. The highest BCUT2D eigenvalue weighted by molar-refractivity contribution is 6.09. The van der Waals surface area contributed by atoms with Gasteiger partial charge < -0.3 is 20.4 Å². The van der Waals surface area contributed by atoms with Crippen molar-refractivity contribution in [3.05, 3.63) is 59.9 Å². The van der Waals surface area contributed by atoms with Crippen molar-refractivity contribution in [1.29, 1.82) is 0 Å². The molecule has 0 fully saturated rings. The number of methoxy groups -OCH3 is 1. The normalized spacial score (nSPS) is 12.8. The van der Waals surface area contributed by atoms with E-state index in [1.165, 1.54) is 18.9 Å². The molecule has 3 heterocycles. The smallest absolute Gasteiger partial charge is 0.410 e. The van der Waals surface area contributed by atoms with Crippen LogP contribution >= 0.6 is 0 Å². The second kappa shape index (κ2) is 8.31. The Morgan fingerprint density at radius 1 is 1.16 bits per heavy atom. The fourth-order valence-corrected chi connectivity index (χ4v) is 3.58. The molecule has 3 aromatic rings. The van der Waals surface area contributed by atoms with Crippen LogP contribution in [0, 0.1) is 0 Å². The first-order chi connectivity index (χ1) is 15.0. The van der Waals surface area contributed by atoms with Crippen LogP contribution in [0.4, 0.5) is 22.0 Å². The number of amides is 2. The van der Waals surface area contributed by atoms with E-state index in [0.717, 1.165) is 11.3 Å². The van der Waals surface area contributed by atoms with E-state index in [2.05, 4.69) is 20.6 Å². The fraction of sp³-hybridized carbons (Fsp3) is 0.182. The molecule has 1 aliphatic rings. The summed E-state index contributed by atoms with van der Waals surface area (Å²) in [6.07, 6.45) is 1.01. The third-order valence-electron chi connectivity index (χ3n) is 4.87. The van der Waals surface area contributed by atoms with Crippen molar-refractivity contribution in [1.82, 2.24) is 14.9 Å². The molecule has 0 spiro atoms. The molecule has 1 aromatic carbocycles. The first kappa shape index (κ1) is 20.1. The summed E-state index contributed by atoms with van der Waals surface area (Å²) < 4.78 is 4.78. The number of benzene rings is 1. The standard InChI is InChI=1S/C22H21N5O4/c1-13(28)24-18-10-14(8-9-23-18)20-21(25-15-6-4-3-5-7-15)19-16(26-20)11-27(12-17(19)29)22(30)31-2/h3-10,25-26H,11-12H2,1-2H3,(H,23,24,28). The zero-order valence-electron chi connectivity index (χ0n) is 17.1. The van der Waals surface area contributed by atoms with Gasteiger partial charge >= 0.3 is 6.09 Å². The molecule has 0 saturated carbocycles. The second-order valence-corrected chi connectivity index (χ2v) is 7.08. The molecule has 3 N–H and O–H groups in total. The maximum atomic E-state index is 13.0. The maximum absolute atomic E-state index is 13.0. The highest BCUT2D eigenvalue weighted by Gasteiger charge is 2.33. The molecule has 0 radical (unpaired) electrons. The highest BCUT2D eigenvalue weighted by Crippen LogP contribution is 2.38. The minimum Gasteiger partial charge on any atom is -0.453 e. The van der Waals surface area contributed by atoms with Crippen LogP contribution in [0.3, 0.4) is 0 Å². The van der Waals surface area contributed by atoms with Crippen molar-refractivity contribution in [2.75, 3.05) is 24.3 Å². The van der Waals surface area contributed by atoms with E-state index in [1.807, 2.05) is 30.3 Å². The van der Waals surface area contributed by atoms with E-state index in [0.29, 0.717) is 28.5 Å². The number of carbonyl (C=O) groups is 3. The van der Waals surface area contributed by atoms with E-state index in [1.54, 1.807) is 18.3 Å². The highest BCUT2D eigenvalue weighted by atomic mass is 16.5. The van der Waals surface area contributed by atoms with Crippen LogP contribution in [-0.2, 0) is 16.1 Å². The lowest BCUT2D eigenvalue weighted by Crippen LogP contribution is -2.39. The monoisotopic (exact) mass is 419 g/mol. The number of ether oxygens (including phenoxy) is 1. The number of hydrogen-bond acceptors (Lipinski definition) is 6. The number of para-hydroxylation sites is 1. The van der Waals surface area contributed by atoms with Crippen LogP contribution in [0.1, 0.15) is 23.0 Å². The van der Waals surface area contributed by atoms with Gasteiger partial charge in [0.25, 0.3) is 0 Å². The Hall–Kier alpha value is -4.14. The van der Waals surface area contributed by atoms with Crippen LogP contribution in [-0.4, -0.2) is 46.3 Å². The Morgan fingerprint density at radius 3 is 2.65 bits per heavy atom. The van der Waals surface area contributed by atoms with Gasteiger partial charge in [0.1, 0.15) is 5.82 Å². The summed E-state index contributed by atoms with van der Waals surface area (Å²) in [5.41, 5.74) is 3.90. The van der Waals surface area contributed by atoms with Gasteiger partial charge in [0.15, 0.2) is 5.78 Å². The number of carbonyl (C=O) groups excluding carboxylic acids is 3. The zero-order valence-corrected chi connectivity index (χ0v) is 17.1. The second-order valence-electron chi connectivity index (χ2n) is 7.08. The SMILES string of the molecule is COC(=O)N1CC(=O)c2c([nH]c(-c3ccnc(NC(C)=O)c3)c2Nc2ccccc2)C1. The average Bonchev–Trinajstić information content (AvgIpc) is 3.12. The third-order valence-corrected chi connectivity index (χ3v) is 4.87. The minimum absolute atomic E-state index is 0.0755. The Bertz CT molecular complexity index is 1160. The number of fused-ring (bicyclic) bond motifs is 1. The summed E-state index contributed by atoms with van der Waals surface area (Å²) in [6.45, 7) is 1.54. The number of aromatic amines is 1. The molecule has 2 aromatic heterocycles. The fourth-order valence-electron chi connectivity index (χ4n) is 3.58. The number of rotatable bonds is 4. The van der Waals surface area contributed by atoms with Crippen LogP contribution in [0.2, 0.25) is 0 Å². The molecule has 9 heteroatoms. The van der Waals surface area contributed by atoms with Crippen LogP contribution < -0.4 is 10.6 Å². The van der Waals surface area contributed by atoms with E-state index in [-0.39, 0.29) is 24.8 Å². The predicted molar refractivity (Wildman–Crippen MR) is 115 cm³/mol. The number of pyridine rings is 1. The largest absolute Gasteiger partial charge is 0.453 e. The van der Waals surface area contributed by atoms with Crippen molar-refractivity contribution in [2.45, 2.75) is 13.5 Å². The molecule has 4 rings (SSSR count). The molecule has 158 valence electrons. The number of nitrogens with one attached hydrogen (secondary N) is 3. The number of H-pyrrole nitrogens is 1. The molecule has 2 amide bonds. The number of Topliss-reactive ketones (excluding diaryl/α,β-unsaturated/α-hetero) is 1. The van der Waals surface area contributed by atoms with E-state index >= 15 is 0 Å². The molecule has 0 saturated heterocycles. The average molecular weight is 419 g/mol. The molecule has 0 bridgehead atoms. The molecule has 0 atom stereocenters. The van der Waals surface area contributed by atoms with E-state index in [9.17, 15) is 14.4 Å². The Labute approximate surface area is 178 Å². The Balaban J connectivity index is 1.82. The molecule has 0 unspecified atom stereocenters. The number of ketones is 1. The lowest BCUT2D eigenvalue weighted by atomic mass is 10.0. The summed E-state index contributed by atoms with van der Waals surface area (Å²) in [7, 11) is 1.28. The van der Waals surface area contributed by atoms with Crippen molar-refractivity contribution in [3.8, 4) is 11.3 Å². The van der Waals surface area contributed by atoms with Crippen LogP contribution in [0.5, 0.6) is 0 Å². The number of nitrogens with zero attached hydrogens (tertiary/aromatic N) is 2. The molecular formula is C22H21N5O4. The Morgan fingerprint density at radius 2 is 1.94 bits per heavy atom. The van der Waals surface area contributed by atoms with Crippen molar-refractivity contribution in [3.63, 3.8) is 0 Å². The van der Waals surface area contributed by atoms with E-state index in [4.69, 9.17) is 4.74 Å². The number of anilines is 3. The van der Waals surface area contributed by atoms with Gasteiger partial charge in [-0.15, -0.1) is 0 Å². The first-order valence-electron chi connectivity index (χ1n) is 9.63. The lowest BCUT2D eigenvalue weighted by Gasteiger charge is -2.25. The van der Waals surface area contributed by atoms with Crippen LogP contribution in [0.15, 0.2) is 48.7 Å². The molecule has 1 aliphatic heterocycles. The van der Waals surface area contributed by atoms with Gasteiger partial charge in [-0.2, -0.15) is 0 Å². The minimum atomic E-state index is -0.565. The first-order valence-corrected chi connectivity index (χ1v) is 9.63. The lowest BCUT2D eigenvalue weighted by molar-refractivity contribution is -0.114. The summed E-state index contributed by atoms with van der Waals surface area (Å²) in [4.78, 5) is 45.2. The topological polar surface area (TPSA) is 116 Å². The van der Waals surface area contributed by atoms with Gasteiger partial charge in [-0.1, -0.05) is 18.2 Å². The molecule has 31 heavy (non-hydrogen) atoms. The number of hydrogen-bond donors (Lipinski definition) is 3. The predicted octanol–water partition coefficient (Wildman–Crippen LogP) is 3.54. The van der Waals surface area contributed by atoms with Crippen LogP contribution in [0.25, 0.3) is 11.3 Å². The van der Waals surface area contributed by atoms with Gasteiger partial charge in [-0.3, -0.25) is 14.5 Å². The van der Waals surface area contributed by atoms with Gasteiger partial charge in [-0.25, -0.2) is 9.78 Å². The quantitative estimate of drug-likeness (QED) is 0.596. The summed E-state index contributed by atoms with van der Waals surface area (Å²) in [6, 6.07) is 13.0. The molecule has 9 nitrogen and oxygen atoms in total. The van der Waals surface area contributed by atoms with Crippen molar-refractivity contribution < 1.29 is 19.1 Å². The summed E-state index contributed by atoms with van der Waals surface area (Å²) >= 11 is 0. The Kier molecular flexibility index (Phi) is 5.40. The molecular weight excluding hydrogens is 398 g/mol. The zero-order chi connectivity index (χ0) is 22.0. The van der Waals surface area contributed by atoms with Gasteiger partial charge in [-0.05, 0) is 24.3 Å². The summed E-state index contributed by atoms with van der Waals surface area (Å²) in [5.74, 6) is -0.0450. The molecule has 0 aliphatic carbocycles. The van der Waals surface area contributed by atoms with E-state index < -0.39 is 6.09 Å².